The maximum Gasteiger partial charge on any atom is 0.255 e. The van der Waals surface area contributed by atoms with Crippen molar-refractivity contribution in [3.05, 3.63) is 28.2 Å². The Morgan fingerprint density at radius 1 is 1.53 bits per heavy atom. The summed E-state index contributed by atoms with van der Waals surface area (Å²) >= 11 is 3.29. The molecule has 106 valence electrons. The third-order valence-electron chi connectivity index (χ3n) is 3.14. The predicted molar refractivity (Wildman–Crippen MR) is 81.0 cm³/mol. The summed E-state index contributed by atoms with van der Waals surface area (Å²) in [4.78, 5) is 11.9. The SMILES string of the molecule is Cl.O=C(NCC[C@H]1CCCN1)c1cc(Br)ccc1O. The number of hydrogen-bond acceptors (Lipinski definition) is 3. The molecule has 1 aromatic carbocycles. The summed E-state index contributed by atoms with van der Waals surface area (Å²) in [5, 5.41) is 15.8. The molecule has 4 nitrogen and oxygen atoms in total. The van der Waals surface area contributed by atoms with Crippen molar-refractivity contribution < 1.29 is 9.90 Å². The molecule has 3 N–H and O–H groups in total. The topological polar surface area (TPSA) is 61.4 Å². The first-order chi connectivity index (χ1) is 8.66. The van der Waals surface area contributed by atoms with E-state index in [2.05, 4.69) is 26.6 Å². The fraction of sp³-hybridized carbons (Fsp3) is 0.462. The van der Waals surface area contributed by atoms with Crippen LogP contribution in [0.1, 0.15) is 29.6 Å². The monoisotopic (exact) mass is 348 g/mol. The molecule has 1 fully saturated rings. The van der Waals surface area contributed by atoms with E-state index >= 15 is 0 Å². The highest BCUT2D eigenvalue weighted by atomic mass is 79.9. The molecule has 0 aromatic heterocycles. The summed E-state index contributed by atoms with van der Waals surface area (Å²) in [5.74, 6) is -0.221. The first-order valence-corrected chi connectivity index (χ1v) is 6.96. The number of halogens is 2. The van der Waals surface area contributed by atoms with E-state index in [-0.39, 0.29) is 24.1 Å². The molecule has 1 amide bonds. The van der Waals surface area contributed by atoms with Gasteiger partial charge in [0.1, 0.15) is 5.75 Å². The molecule has 0 radical (unpaired) electrons. The first-order valence-electron chi connectivity index (χ1n) is 6.17. The summed E-state index contributed by atoms with van der Waals surface area (Å²) in [5.41, 5.74) is 0.309. The number of nitrogens with one attached hydrogen (secondary N) is 2. The van der Waals surface area contributed by atoms with Crippen LogP contribution in [0.5, 0.6) is 5.75 Å². The van der Waals surface area contributed by atoms with Crippen molar-refractivity contribution in [3.8, 4) is 5.75 Å². The number of carbonyl (C=O) groups is 1. The molecule has 1 heterocycles. The molecule has 0 aliphatic carbocycles. The van der Waals surface area contributed by atoms with Gasteiger partial charge in [-0.1, -0.05) is 15.9 Å². The van der Waals surface area contributed by atoms with Crippen LogP contribution in [0.4, 0.5) is 0 Å². The molecule has 0 bridgehead atoms. The van der Waals surface area contributed by atoms with Gasteiger partial charge in [-0.05, 0) is 44.0 Å². The molecule has 2 rings (SSSR count). The van der Waals surface area contributed by atoms with Gasteiger partial charge < -0.3 is 15.7 Å². The Balaban J connectivity index is 0.00000180. The molecule has 0 unspecified atom stereocenters. The summed E-state index contributed by atoms with van der Waals surface area (Å²) in [7, 11) is 0. The maximum atomic E-state index is 11.9. The van der Waals surface area contributed by atoms with Crippen LogP contribution in [-0.4, -0.2) is 30.1 Å². The van der Waals surface area contributed by atoms with Crippen molar-refractivity contribution in [1.82, 2.24) is 10.6 Å². The minimum absolute atomic E-state index is 0. The van der Waals surface area contributed by atoms with Gasteiger partial charge >= 0.3 is 0 Å². The van der Waals surface area contributed by atoms with E-state index in [1.54, 1.807) is 12.1 Å². The van der Waals surface area contributed by atoms with Gasteiger partial charge in [0.05, 0.1) is 5.56 Å². The minimum atomic E-state index is -0.230. The van der Waals surface area contributed by atoms with Crippen molar-refractivity contribution in [2.45, 2.75) is 25.3 Å². The molecule has 1 aliphatic heterocycles. The van der Waals surface area contributed by atoms with Gasteiger partial charge in [-0.15, -0.1) is 12.4 Å². The molecule has 6 heteroatoms. The molecular weight excluding hydrogens is 332 g/mol. The molecule has 0 saturated carbocycles. The maximum absolute atomic E-state index is 11.9. The smallest absolute Gasteiger partial charge is 0.255 e. The third-order valence-corrected chi connectivity index (χ3v) is 3.64. The fourth-order valence-electron chi connectivity index (χ4n) is 2.15. The zero-order valence-corrected chi connectivity index (χ0v) is 12.9. The van der Waals surface area contributed by atoms with E-state index in [0.29, 0.717) is 18.2 Å². The van der Waals surface area contributed by atoms with Gasteiger partial charge in [0, 0.05) is 17.1 Å². The number of amides is 1. The lowest BCUT2D eigenvalue weighted by Crippen LogP contribution is -2.30. The lowest BCUT2D eigenvalue weighted by atomic mass is 10.1. The van der Waals surface area contributed by atoms with Crippen LogP contribution in [0.2, 0.25) is 0 Å². The van der Waals surface area contributed by atoms with Crippen LogP contribution >= 0.6 is 28.3 Å². The van der Waals surface area contributed by atoms with Crippen LogP contribution < -0.4 is 10.6 Å². The van der Waals surface area contributed by atoms with Crippen LogP contribution in [-0.2, 0) is 0 Å². The van der Waals surface area contributed by atoms with Gasteiger partial charge in [0.15, 0.2) is 0 Å². The lowest BCUT2D eigenvalue weighted by molar-refractivity contribution is 0.0949. The van der Waals surface area contributed by atoms with Crippen LogP contribution in [0, 0.1) is 0 Å². The quantitative estimate of drug-likeness (QED) is 0.782. The number of phenolic OH excluding ortho intramolecular Hbond substituents is 1. The number of aromatic hydroxyl groups is 1. The average Bonchev–Trinajstić information content (AvgIpc) is 2.85. The summed E-state index contributed by atoms with van der Waals surface area (Å²) in [6.07, 6.45) is 3.32. The van der Waals surface area contributed by atoms with E-state index < -0.39 is 0 Å². The van der Waals surface area contributed by atoms with Crippen LogP contribution in [0.25, 0.3) is 0 Å². The van der Waals surface area contributed by atoms with Crippen molar-refractivity contribution in [3.63, 3.8) is 0 Å². The van der Waals surface area contributed by atoms with E-state index in [1.807, 2.05) is 0 Å². The number of benzene rings is 1. The van der Waals surface area contributed by atoms with Crippen molar-refractivity contribution in [2.75, 3.05) is 13.1 Å². The lowest BCUT2D eigenvalue weighted by Gasteiger charge is -2.11. The van der Waals surface area contributed by atoms with E-state index in [0.717, 1.165) is 17.4 Å². The molecule has 1 atom stereocenters. The second kappa shape index (κ2) is 7.72. The number of rotatable bonds is 4. The molecule has 1 aliphatic rings. The van der Waals surface area contributed by atoms with Gasteiger partial charge in [0.25, 0.3) is 5.91 Å². The Labute approximate surface area is 127 Å². The van der Waals surface area contributed by atoms with Crippen molar-refractivity contribution in [2.24, 2.45) is 0 Å². The molecular formula is C13H18BrClN2O2. The molecule has 1 aromatic rings. The van der Waals surface area contributed by atoms with Gasteiger partial charge in [0.2, 0.25) is 0 Å². The third kappa shape index (κ3) is 4.67. The van der Waals surface area contributed by atoms with Gasteiger partial charge in [-0.2, -0.15) is 0 Å². The largest absolute Gasteiger partial charge is 0.507 e. The molecule has 0 spiro atoms. The predicted octanol–water partition coefficient (Wildman–Crippen LogP) is 2.45. The fourth-order valence-corrected chi connectivity index (χ4v) is 2.51. The Morgan fingerprint density at radius 2 is 2.32 bits per heavy atom. The highest BCUT2D eigenvalue weighted by Gasteiger charge is 2.15. The number of phenols is 1. The van der Waals surface area contributed by atoms with E-state index in [9.17, 15) is 9.90 Å². The standard InChI is InChI=1S/C13H17BrN2O2.ClH/c14-9-3-4-12(17)11(8-9)13(18)16-7-5-10-2-1-6-15-10;/h3-4,8,10,15,17H,1-2,5-7H2,(H,16,18);1H/t10-;/m1./s1. The Hall–Kier alpha value is -0.780. The summed E-state index contributed by atoms with van der Waals surface area (Å²) in [6.45, 7) is 1.70. The zero-order chi connectivity index (χ0) is 13.0. The number of hydrogen-bond donors (Lipinski definition) is 3. The second-order valence-corrected chi connectivity index (χ2v) is 5.41. The van der Waals surface area contributed by atoms with Crippen LogP contribution in [0.3, 0.4) is 0 Å². The Morgan fingerprint density at radius 3 is 3.00 bits per heavy atom. The highest BCUT2D eigenvalue weighted by molar-refractivity contribution is 9.10. The zero-order valence-electron chi connectivity index (χ0n) is 10.5. The van der Waals surface area contributed by atoms with Crippen LogP contribution in [0.15, 0.2) is 22.7 Å². The van der Waals surface area contributed by atoms with Gasteiger partial charge in [-0.3, -0.25) is 4.79 Å². The first kappa shape index (κ1) is 16.3. The second-order valence-electron chi connectivity index (χ2n) is 4.50. The summed E-state index contributed by atoms with van der Waals surface area (Å²) < 4.78 is 0.780. The van der Waals surface area contributed by atoms with E-state index in [1.165, 1.54) is 18.9 Å². The summed E-state index contributed by atoms with van der Waals surface area (Å²) in [6, 6.07) is 5.35. The highest BCUT2D eigenvalue weighted by Crippen LogP contribution is 2.21. The average molecular weight is 350 g/mol. The van der Waals surface area contributed by atoms with Crippen molar-refractivity contribution in [1.29, 1.82) is 0 Å². The minimum Gasteiger partial charge on any atom is -0.507 e. The Bertz CT molecular complexity index is 437. The molecule has 19 heavy (non-hydrogen) atoms. The van der Waals surface area contributed by atoms with E-state index in [4.69, 9.17) is 0 Å². The normalized spacial score (nSPS) is 17.8. The van der Waals surface area contributed by atoms with Gasteiger partial charge in [-0.25, -0.2) is 0 Å². The van der Waals surface area contributed by atoms with Crippen molar-refractivity contribution >= 4 is 34.2 Å². The molecule has 1 saturated heterocycles. The Kier molecular flexibility index (Phi) is 6.62. The number of carbonyl (C=O) groups excluding carboxylic acids is 1.